The molecule has 3 rings (SSSR count). The number of carbonyl (C=O) groups is 3. The molecule has 0 atom stereocenters. The van der Waals surface area contributed by atoms with Gasteiger partial charge in [-0.15, -0.1) is 5.10 Å². The molecule has 1 aliphatic heterocycles. The second kappa shape index (κ2) is 4.16. The molecule has 0 unspecified atom stereocenters. The Balaban J connectivity index is 2.09. The van der Waals surface area contributed by atoms with E-state index in [0.717, 1.165) is 0 Å². The number of fused-ring (bicyclic) bond motifs is 1. The van der Waals surface area contributed by atoms with Crippen LogP contribution in [-0.4, -0.2) is 39.4 Å². The molecule has 1 fully saturated rings. The van der Waals surface area contributed by atoms with Gasteiger partial charge in [0.15, 0.2) is 11.9 Å². The molecular weight excluding hydrogens is 250 g/mol. The van der Waals surface area contributed by atoms with Crippen LogP contribution < -0.4 is 10.2 Å². The van der Waals surface area contributed by atoms with Crippen LogP contribution in [0.15, 0.2) is 18.2 Å². The first-order valence-electron chi connectivity index (χ1n) is 5.61. The summed E-state index contributed by atoms with van der Waals surface area (Å²) < 4.78 is 1.40. The summed E-state index contributed by atoms with van der Waals surface area (Å²) in [5, 5.41) is 6.22. The zero-order valence-corrected chi connectivity index (χ0v) is 9.74. The summed E-state index contributed by atoms with van der Waals surface area (Å²) in [4.78, 5) is 39.0. The van der Waals surface area contributed by atoms with Gasteiger partial charge in [-0.2, -0.15) is 4.52 Å². The Kier molecular flexibility index (Phi) is 2.48. The molecule has 19 heavy (non-hydrogen) atoms. The van der Waals surface area contributed by atoms with Gasteiger partial charge in [-0.05, 0) is 12.1 Å². The Morgan fingerprint density at radius 1 is 1.32 bits per heavy atom. The molecule has 1 aliphatic rings. The third-order valence-corrected chi connectivity index (χ3v) is 2.79. The van der Waals surface area contributed by atoms with Gasteiger partial charge in [0.1, 0.15) is 5.82 Å². The number of urea groups is 1. The number of carbonyl (C=O) groups excluding carboxylic acids is 3. The van der Waals surface area contributed by atoms with E-state index in [4.69, 9.17) is 0 Å². The highest BCUT2D eigenvalue weighted by molar-refractivity contribution is 6.05. The lowest BCUT2D eigenvalue weighted by Gasteiger charge is -2.26. The largest absolute Gasteiger partial charge is 0.329 e. The van der Waals surface area contributed by atoms with Crippen molar-refractivity contribution in [1.82, 2.24) is 19.9 Å². The van der Waals surface area contributed by atoms with E-state index < -0.39 is 6.03 Å². The third-order valence-electron chi connectivity index (χ3n) is 2.79. The highest BCUT2D eigenvalue weighted by atomic mass is 16.2. The smallest absolute Gasteiger partial charge is 0.294 e. The molecule has 1 N–H and O–H groups in total. The van der Waals surface area contributed by atoms with Crippen LogP contribution >= 0.6 is 0 Å². The Hall–Kier alpha value is -2.77. The van der Waals surface area contributed by atoms with Crippen LogP contribution in [0.5, 0.6) is 0 Å². The van der Waals surface area contributed by atoms with E-state index >= 15 is 0 Å². The summed E-state index contributed by atoms with van der Waals surface area (Å²) in [6.45, 7) is 0.264. The fraction of sp³-hybridized carbons (Fsp3) is 0.182. The van der Waals surface area contributed by atoms with Crippen LogP contribution in [0.2, 0.25) is 0 Å². The van der Waals surface area contributed by atoms with E-state index in [1.807, 2.05) is 0 Å². The lowest BCUT2D eigenvalue weighted by Crippen LogP contribution is -2.50. The number of amides is 3. The van der Waals surface area contributed by atoms with Crippen LogP contribution in [0.1, 0.15) is 17.0 Å². The number of rotatable bonds is 2. The van der Waals surface area contributed by atoms with Gasteiger partial charge in [-0.25, -0.2) is 9.78 Å². The van der Waals surface area contributed by atoms with Gasteiger partial charge in [0.2, 0.25) is 11.7 Å². The number of aldehydes is 1. The molecule has 1 saturated heterocycles. The molecule has 0 aliphatic carbocycles. The number of nitrogens with zero attached hydrogens (tertiary/aromatic N) is 4. The normalized spacial score (nSPS) is 15.7. The lowest BCUT2D eigenvalue weighted by atomic mass is 10.3. The SMILES string of the molecule is O=Cc1nc2cccc(N3CCC(=O)NC3=O)n2n1. The van der Waals surface area contributed by atoms with Gasteiger partial charge < -0.3 is 0 Å². The van der Waals surface area contributed by atoms with E-state index in [1.54, 1.807) is 18.2 Å². The monoisotopic (exact) mass is 259 g/mol. The molecule has 3 heterocycles. The molecule has 8 nitrogen and oxygen atoms in total. The minimum Gasteiger partial charge on any atom is -0.294 e. The average Bonchev–Trinajstić information content (AvgIpc) is 2.82. The number of imide groups is 1. The Morgan fingerprint density at radius 3 is 2.89 bits per heavy atom. The summed E-state index contributed by atoms with van der Waals surface area (Å²) in [7, 11) is 0. The van der Waals surface area contributed by atoms with Gasteiger partial charge in [-0.3, -0.25) is 19.8 Å². The van der Waals surface area contributed by atoms with Gasteiger partial charge in [0.25, 0.3) is 0 Å². The van der Waals surface area contributed by atoms with Crippen molar-refractivity contribution in [3.8, 4) is 0 Å². The molecule has 8 heteroatoms. The molecule has 96 valence electrons. The van der Waals surface area contributed by atoms with Crippen molar-refractivity contribution in [3.63, 3.8) is 0 Å². The quantitative estimate of drug-likeness (QED) is 0.765. The van der Waals surface area contributed by atoms with Crippen molar-refractivity contribution in [3.05, 3.63) is 24.0 Å². The molecule has 0 saturated carbocycles. The van der Waals surface area contributed by atoms with Crippen molar-refractivity contribution in [1.29, 1.82) is 0 Å². The molecule has 2 aromatic rings. The summed E-state index contributed by atoms with van der Waals surface area (Å²) in [6, 6.07) is 4.55. The van der Waals surface area contributed by atoms with Crippen molar-refractivity contribution >= 4 is 29.7 Å². The number of hydrogen-bond donors (Lipinski definition) is 1. The maximum Gasteiger partial charge on any atom is 0.329 e. The van der Waals surface area contributed by atoms with Crippen molar-refractivity contribution in [2.24, 2.45) is 0 Å². The minimum absolute atomic E-state index is 0.0425. The van der Waals surface area contributed by atoms with Crippen LogP contribution in [0.25, 0.3) is 5.65 Å². The van der Waals surface area contributed by atoms with Gasteiger partial charge >= 0.3 is 6.03 Å². The summed E-state index contributed by atoms with van der Waals surface area (Å²) in [5.41, 5.74) is 0.462. The van der Waals surface area contributed by atoms with E-state index in [0.29, 0.717) is 17.8 Å². The van der Waals surface area contributed by atoms with Gasteiger partial charge in [0.05, 0.1) is 0 Å². The molecule has 0 aromatic carbocycles. The summed E-state index contributed by atoms with van der Waals surface area (Å²) in [5.74, 6) is 0.199. The second-order valence-corrected chi connectivity index (χ2v) is 4.00. The number of hydrogen-bond acceptors (Lipinski definition) is 5. The number of pyridine rings is 1. The van der Waals surface area contributed by atoms with Crippen molar-refractivity contribution < 1.29 is 14.4 Å². The predicted octanol–water partition coefficient (Wildman–Crippen LogP) is -0.0119. The Labute approximate surface area is 107 Å². The van der Waals surface area contributed by atoms with Crippen LogP contribution in [0.3, 0.4) is 0 Å². The maximum atomic E-state index is 11.8. The molecule has 0 bridgehead atoms. The van der Waals surface area contributed by atoms with Crippen LogP contribution in [0, 0.1) is 0 Å². The lowest BCUT2D eigenvalue weighted by molar-refractivity contribution is -0.120. The van der Waals surface area contributed by atoms with Crippen molar-refractivity contribution in [2.75, 3.05) is 11.4 Å². The number of aromatic nitrogens is 3. The highest BCUT2D eigenvalue weighted by Crippen LogP contribution is 2.18. The van der Waals surface area contributed by atoms with Gasteiger partial charge in [-0.1, -0.05) is 6.07 Å². The second-order valence-electron chi connectivity index (χ2n) is 4.00. The molecule has 3 amide bonds. The average molecular weight is 259 g/mol. The molecule has 2 aromatic heterocycles. The molecular formula is C11H9N5O3. The van der Waals surface area contributed by atoms with Crippen molar-refractivity contribution in [2.45, 2.75) is 6.42 Å². The molecule has 0 radical (unpaired) electrons. The van der Waals surface area contributed by atoms with Gasteiger partial charge in [0, 0.05) is 13.0 Å². The van der Waals surface area contributed by atoms with E-state index in [1.165, 1.54) is 9.42 Å². The van der Waals surface area contributed by atoms with E-state index in [-0.39, 0.29) is 24.7 Å². The third kappa shape index (κ3) is 1.82. The fourth-order valence-electron chi connectivity index (χ4n) is 1.95. The first-order valence-corrected chi connectivity index (χ1v) is 5.61. The summed E-state index contributed by atoms with van der Waals surface area (Å²) >= 11 is 0. The van der Waals surface area contributed by atoms with Crippen LogP contribution in [0.4, 0.5) is 10.6 Å². The molecule has 0 spiro atoms. The number of anilines is 1. The zero-order chi connectivity index (χ0) is 13.4. The van der Waals surface area contributed by atoms with E-state index in [2.05, 4.69) is 15.4 Å². The predicted molar refractivity (Wildman–Crippen MR) is 63.9 cm³/mol. The Bertz CT molecular complexity index is 693. The Morgan fingerprint density at radius 2 is 2.16 bits per heavy atom. The first kappa shape index (κ1) is 11.3. The zero-order valence-electron chi connectivity index (χ0n) is 9.74. The summed E-state index contributed by atoms with van der Waals surface area (Å²) in [6.07, 6.45) is 0.758. The standard InChI is InChI=1S/C11H9N5O3/c17-6-7-12-8-2-1-3-10(16(8)14-7)15-5-4-9(18)13-11(15)19/h1-3,6H,4-5H2,(H,13,18,19). The van der Waals surface area contributed by atoms with E-state index in [9.17, 15) is 14.4 Å². The van der Waals surface area contributed by atoms with Crippen LogP contribution in [-0.2, 0) is 4.79 Å². The first-order chi connectivity index (χ1) is 9.19. The maximum absolute atomic E-state index is 11.8. The number of nitrogens with one attached hydrogen (secondary N) is 1. The topological polar surface area (TPSA) is 96.7 Å². The highest BCUT2D eigenvalue weighted by Gasteiger charge is 2.26. The fourth-order valence-corrected chi connectivity index (χ4v) is 1.95. The minimum atomic E-state index is -0.507.